The van der Waals surface area contributed by atoms with Crippen LogP contribution in [0.4, 0.5) is 4.79 Å². The highest BCUT2D eigenvalue weighted by atomic mass is 16.6. The molecule has 1 amide bonds. The smallest absolute Gasteiger partial charge is 0.407 e. The maximum Gasteiger partial charge on any atom is 0.407 e. The molecule has 0 heterocycles. The standard InChI is InChI=1S/C20H32N2O2/c1-14-8-7-9-15(12-14)16-10-11-17(18(13-16)22(5)6)21-19(23)24-20(2,3)4/h7-9,12,16-18H,10-11,13H2,1-6H3,(H,21,23)/t16?,17?,18-/m0/s1. The fourth-order valence-corrected chi connectivity index (χ4v) is 3.57. The van der Waals surface area contributed by atoms with E-state index in [1.54, 1.807) is 0 Å². The molecule has 0 spiro atoms. The SMILES string of the molecule is Cc1cccc(C2CCC(NC(=O)OC(C)(C)C)[C@@H](N(C)C)C2)c1. The molecule has 1 aromatic carbocycles. The Balaban J connectivity index is 2.04. The molecule has 0 radical (unpaired) electrons. The van der Waals surface area contributed by atoms with E-state index in [1.165, 1.54) is 11.1 Å². The number of ether oxygens (including phenoxy) is 1. The lowest BCUT2D eigenvalue weighted by atomic mass is 9.78. The number of nitrogens with one attached hydrogen (secondary N) is 1. The van der Waals surface area contributed by atoms with Gasteiger partial charge in [0.05, 0.1) is 0 Å². The van der Waals surface area contributed by atoms with Gasteiger partial charge in [0, 0.05) is 12.1 Å². The predicted molar refractivity (Wildman–Crippen MR) is 98.4 cm³/mol. The third-order valence-electron chi connectivity index (χ3n) is 4.70. The van der Waals surface area contributed by atoms with Gasteiger partial charge in [-0.1, -0.05) is 29.8 Å². The summed E-state index contributed by atoms with van der Waals surface area (Å²) in [4.78, 5) is 14.4. The van der Waals surface area contributed by atoms with Crippen molar-refractivity contribution in [2.45, 2.75) is 70.6 Å². The summed E-state index contributed by atoms with van der Waals surface area (Å²) in [6, 6.07) is 9.25. The van der Waals surface area contributed by atoms with Gasteiger partial charge in [-0.2, -0.15) is 0 Å². The van der Waals surface area contributed by atoms with Gasteiger partial charge in [0.25, 0.3) is 0 Å². The monoisotopic (exact) mass is 332 g/mol. The molecule has 3 atom stereocenters. The van der Waals surface area contributed by atoms with E-state index < -0.39 is 5.60 Å². The molecule has 0 aromatic heterocycles. The van der Waals surface area contributed by atoms with Crippen LogP contribution < -0.4 is 5.32 Å². The molecule has 1 N–H and O–H groups in total. The summed E-state index contributed by atoms with van der Waals surface area (Å²) in [6.45, 7) is 7.82. The second-order valence-electron chi connectivity index (χ2n) is 8.21. The first-order chi connectivity index (χ1) is 11.2. The maximum atomic E-state index is 12.1. The first kappa shape index (κ1) is 18.8. The fourth-order valence-electron chi connectivity index (χ4n) is 3.57. The van der Waals surface area contributed by atoms with Crippen molar-refractivity contribution in [2.75, 3.05) is 14.1 Å². The van der Waals surface area contributed by atoms with Gasteiger partial charge in [-0.15, -0.1) is 0 Å². The molecule has 134 valence electrons. The molecule has 1 aliphatic rings. The Bertz CT molecular complexity index is 563. The minimum absolute atomic E-state index is 0.135. The largest absolute Gasteiger partial charge is 0.444 e. The molecule has 4 heteroatoms. The normalized spacial score (nSPS) is 24.7. The molecular formula is C20H32N2O2. The number of aryl methyl sites for hydroxylation is 1. The average molecular weight is 332 g/mol. The number of rotatable bonds is 3. The van der Waals surface area contributed by atoms with Gasteiger partial charge in [0.1, 0.15) is 5.60 Å². The molecule has 2 unspecified atom stereocenters. The molecular weight excluding hydrogens is 300 g/mol. The van der Waals surface area contributed by atoms with Crippen molar-refractivity contribution in [3.05, 3.63) is 35.4 Å². The second kappa shape index (κ2) is 7.56. The van der Waals surface area contributed by atoms with Crippen LogP contribution in [0.3, 0.4) is 0 Å². The van der Waals surface area contributed by atoms with E-state index in [0.717, 1.165) is 19.3 Å². The zero-order valence-corrected chi connectivity index (χ0v) is 15.9. The van der Waals surface area contributed by atoms with Crippen molar-refractivity contribution in [3.63, 3.8) is 0 Å². The van der Waals surface area contributed by atoms with Crippen molar-refractivity contribution in [1.29, 1.82) is 0 Å². The molecule has 24 heavy (non-hydrogen) atoms. The molecule has 1 fully saturated rings. The summed E-state index contributed by atoms with van der Waals surface area (Å²) < 4.78 is 5.43. The number of likely N-dealkylation sites (N-methyl/N-ethyl adjacent to an activating group) is 1. The Hall–Kier alpha value is -1.55. The van der Waals surface area contributed by atoms with Crippen molar-refractivity contribution in [3.8, 4) is 0 Å². The van der Waals surface area contributed by atoms with Crippen LogP contribution in [0.5, 0.6) is 0 Å². The zero-order valence-electron chi connectivity index (χ0n) is 15.9. The highest BCUT2D eigenvalue weighted by Crippen LogP contribution is 2.35. The molecule has 0 saturated heterocycles. The summed E-state index contributed by atoms with van der Waals surface area (Å²) in [5, 5.41) is 3.09. The highest BCUT2D eigenvalue weighted by molar-refractivity contribution is 5.68. The van der Waals surface area contributed by atoms with Crippen LogP contribution in [0.25, 0.3) is 0 Å². The average Bonchev–Trinajstić information content (AvgIpc) is 2.45. The lowest BCUT2D eigenvalue weighted by Crippen LogP contribution is -2.53. The van der Waals surface area contributed by atoms with E-state index >= 15 is 0 Å². The van der Waals surface area contributed by atoms with Crippen LogP contribution in [0, 0.1) is 6.92 Å². The van der Waals surface area contributed by atoms with Gasteiger partial charge in [0.15, 0.2) is 0 Å². The number of amides is 1. The van der Waals surface area contributed by atoms with E-state index in [1.807, 2.05) is 20.8 Å². The number of hydrogen-bond acceptors (Lipinski definition) is 3. The number of carbonyl (C=O) groups is 1. The lowest BCUT2D eigenvalue weighted by Gasteiger charge is -2.40. The van der Waals surface area contributed by atoms with Crippen molar-refractivity contribution in [2.24, 2.45) is 0 Å². The topological polar surface area (TPSA) is 41.6 Å². The van der Waals surface area contributed by atoms with Crippen LogP contribution in [0.1, 0.15) is 57.1 Å². The summed E-state index contributed by atoms with van der Waals surface area (Å²) in [5.41, 5.74) is 2.26. The van der Waals surface area contributed by atoms with Crippen molar-refractivity contribution >= 4 is 6.09 Å². The van der Waals surface area contributed by atoms with Crippen LogP contribution in [-0.4, -0.2) is 42.8 Å². The summed E-state index contributed by atoms with van der Waals surface area (Å²) in [7, 11) is 4.18. The molecule has 1 aliphatic carbocycles. The first-order valence-electron chi connectivity index (χ1n) is 8.88. The summed E-state index contributed by atoms with van der Waals surface area (Å²) in [6.07, 6.45) is 2.81. The van der Waals surface area contributed by atoms with Gasteiger partial charge in [-0.25, -0.2) is 4.79 Å². The third-order valence-corrected chi connectivity index (χ3v) is 4.70. The van der Waals surface area contributed by atoms with Crippen molar-refractivity contribution in [1.82, 2.24) is 10.2 Å². The van der Waals surface area contributed by atoms with Gasteiger partial charge in [-0.05, 0) is 72.5 Å². The Morgan fingerprint density at radius 3 is 2.54 bits per heavy atom. The van der Waals surface area contributed by atoms with E-state index in [-0.39, 0.29) is 12.1 Å². The summed E-state index contributed by atoms with van der Waals surface area (Å²) in [5.74, 6) is 0.550. The first-order valence-corrected chi connectivity index (χ1v) is 8.88. The zero-order chi connectivity index (χ0) is 17.9. The van der Waals surface area contributed by atoms with Crippen LogP contribution in [0.2, 0.25) is 0 Å². The second-order valence-corrected chi connectivity index (χ2v) is 8.21. The molecule has 0 aliphatic heterocycles. The van der Waals surface area contributed by atoms with E-state index in [2.05, 4.69) is 55.5 Å². The van der Waals surface area contributed by atoms with Crippen LogP contribution >= 0.6 is 0 Å². The minimum Gasteiger partial charge on any atom is -0.444 e. The lowest BCUT2D eigenvalue weighted by molar-refractivity contribution is 0.0445. The Kier molecular flexibility index (Phi) is 5.92. The summed E-state index contributed by atoms with van der Waals surface area (Å²) >= 11 is 0. The fraction of sp³-hybridized carbons (Fsp3) is 0.650. The predicted octanol–water partition coefficient (Wildman–Crippen LogP) is 4.09. The Morgan fingerprint density at radius 2 is 1.96 bits per heavy atom. The number of nitrogens with zero attached hydrogens (tertiary/aromatic N) is 1. The van der Waals surface area contributed by atoms with E-state index in [0.29, 0.717) is 12.0 Å². The Morgan fingerprint density at radius 1 is 1.25 bits per heavy atom. The number of benzene rings is 1. The van der Waals surface area contributed by atoms with E-state index in [4.69, 9.17) is 4.74 Å². The molecule has 0 bridgehead atoms. The Labute approximate surface area is 146 Å². The molecule has 2 rings (SSSR count). The third kappa shape index (κ3) is 5.23. The quantitative estimate of drug-likeness (QED) is 0.906. The van der Waals surface area contributed by atoms with Gasteiger partial charge in [-0.3, -0.25) is 0 Å². The van der Waals surface area contributed by atoms with E-state index in [9.17, 15) is 4.79 Å². The minimum atomic E-state index is -0.462. The maximum absolute atomic E-state index is 12.1. The molecule has 1 aromatic rings. The van der Waals surface area contributed by atoms with Gasteiger partial charge >= 0.3 is 6.09 Å². The van der Waals surface area contributed by atoms with Crippen LogP contribution in [-0.2, 0) is 4.74 Å². The van der Waals surface area contributed by atoms with Gasteiger partial charge < -0.3 is 15.0 Å². The number of hydrogen-bond donors (Lipinski definition) is 1. The molecule has 1 saturated carbocycles. The van der Waals surface area contributed by atoms with Gasteiger partial charge in [0.2, 0.25) is 0 Å². The highest BCUT2D eigenvalue weighted by Gasteiger charge is 2.34. The number of alkyl carbamates (subject to hydrolysis) is 1. The molecule has 4 nitrogen and oxygen atoms in total. The number of carbonyl (C=O) groups excluding carboxylic acids is 1. The van der Waals surface area contributed by atoms with Crippen LogP contribution in [0.15, 0.2) is 24.3 Å². The van der Waals surface area contributed by atoms with Crippen molar-refractivity contribution < 1.29 is 9.53 Å².